The van der Waals surface area contributed by atoms with Gasteiger partial charge in [-0.3, -0.25) is 19.0 Å². The Morgan fingerprint density at radius 2 is 1.45 bits per heavy atom. The number of aromatic amines is 1. The molecular weight excluding hydrogens is 420 g/mol. The van der Waals surface area contributed by atoms with Crippen LogP contribution in [0.5, 0.6) is 0 Å². The number of para-hydroxylation sites is 1. The molecule has 0 spiro atoms. The summed E-state index contributed by atoms with van der Waals surface area (Å²) in [4.78, 5) is 52.0. The molecule has 0 aliphatic carbocycles. The van der Waals surface area contributed by atoms with E-state index in [2.05, 4.69) is 15.6 Å². The quantitative estimate of drug-likeness (QED) is 0.382. The molecule has 33 heavy (non-hydrogen) atoms. The van der Waals surface area contributed by atoms with E-state index in [1.54, 1.807) is 72.8 Å². The van der Waals surface area contributed by atoms with Gasteiger partial charge in [0.1, 0.15) is 0 Å². The number of rotatable bonds is 7. The summed E-state index contributed by atoms with van der Waals surface area (Å²) in [5.74, 6) is -0.512. The SMILES string of the molecule is O=C(NCCCn1c(=O)[nH]c2ccccc2c1=O)c1ccc(NC(=O)c2ccccc2)cc1. The lowest BCUT2D eigenvalue weighted by atomic mass is 10.1. The van der Waals surface area contributed by atoms with Crippen LogP contribution >= 0.6 is 0 Å². The minimum atomic E-state index is -0.474. The van der Waals surface area contributed by atoms with Crippen LogP contribution in [0.25, 0.3) is 10.9 Å². The molecule has 1 heterocycles. The highest BCUT2D eigenvalue weighted by atomic mass is 16.2. The Balaban J connectivity index is 1.31. The molecule has 0 saturated carbocycles. The lowest BCUT2D eigenvalue weighted by molar-refractivity contribution is 0.0952. The van der Waals surface area contributed by atoms with Crippen LogP contribution in [-0.4, -0.2) is 27.9 Å². The predicted molar refractivity (Wildman–Crippen MR) is 127 cm³/mol. The first-order valence-corrected chi connectivity index (χ1v) is 10.5. The fraction of sp³-hybridized carbons (Fsp3) is 0.120. The largest absolute Gasteiger partial charge is 0.352 e. The van der Waals surface area contributed by atoms with Crippen LogP contribution in [0.4, 0.5) is 5.69 Å². The molecule has 8 nitrogen and oxygen atoms in total. The van der Waals surface area contributed by atoms with Crippen LogP contribution in [0.15, 0.2) is 88.5 Å². The van der Waals surface area contributed by atoms with E-state index in [-0.39, 0.29) is 23.9 Å². The molecule has 0 aliphatic heterocycles. The number of hydrogen-bond donors (Lipinski definition) is 3. The zero-order chi connectivity index (χ0) is 23.2. The maximum Gasteiger partial charge on any atom is 0.328 e. The van der Waals surface area contributed by atoms with Crippen molar-refractivity contribution in [3.05, 3.63) is 111 Å². The van der Waals surface area contributed by atoms with Crippen molar-refractivity contribution in [3.63, 3.8) is 0 Å². The van der Waals surface area contributed by atoms with Crippen LogP contribution in [0.1, 0.15) is 27.1 Å². The van der Waals surface area contributed by atoms with E-state index in [0.717, 1.165) is 4.57 Å². The third-order valence-corrected chi connectivity index (χ3v) is 5.17. The molecule has 0 bridgehead atoms. The molecule has 1 aromatic heterocycles. The third kappa shape index (κ3) is 5.07. The van der Waals surface area contributed by atoms with Gasteiger partial charge in [0.15, 0.2) is 0 Å². The highest BCUT2D eigenvalue weighted by Gasteiger charge is 2.09. The second-order valence-electron chi connectivity index (χ2n) is 7.44. The summed E-state index contributed by atoms with van der Waals surface area (Å²) in [6.07, 6.45) is 0.415. The van der Waals surface area contributed by atoms with Gasteiger partial charge in [0.05, 0.1) is 10.9 Å². The van der Waals surface area contributed by atoms with Gasteiger partial charge in [-0.25, -0.2) is 4.79 Å². The van der Waals surface area contributed by atoms with E-state index >= 15 is 0 Å². The highest BCUT2D eigenvalue weighted by Crippen LogP contribution is 2.11. The summed E-state index contributed by atoms with van der Waals surface area (Å²) in [6.45, 7) is 0.480. The van der Waals surface area contributed by atoms with E-state index in [1.165, 1.54) is 0 Å². The molecule has 8 heteroatoms. The smallest absolute Gasteiger partial charge is 0.328 e. The summed E-state index contributed by atoms with van der Waals surface area (Å²) in [7, 11) is 0. The summed E-state index contributed by atoms with van der Waals surface area (Å²) in [5.41, 5.74) is 1.24. The van der Waals surface area contributed by atoms with Crippen molar-refractivity contribution in [2.45, 2.75) is 13.0 Å². The van der Waals surface area contributed by atoms with Gasteiger partial charge < -0.3 is 15.6 Å². The van der Waals surface area contributed by atoms with Gasteiger partial charge in [-0.2, -0.15) is 0 Å². The Kier molecular flexibility index (Phi) is 6.45. The van der Waals surface area contributed by atoms with Crippen LogP contribution in [0, 0.1) is 0 Å². The monoisotopic (exact) mass is 442 g/mol. The fourth-order valence-corrected chi connectivity index (χ4v) is 3.44. The number of amides is 2. The number of anilines is 1. The maximum absolute atomic E-state index is 12.5. The lowest BCUT2D eigenvalue weighted by Crippen LogP contribution is -2.36. The third-order valence-electron chi connectivity index (χ3n) is 5.17. The zero-order valence-corrected chi connectivity index (χ0v) is 17.7. The van der Waals surface area contributed by atoms with Crippen molar-refractivity contribution >= 4 is 28.4 Å². The minimum absolute atomic E-state index is 0.184. The first-order chi connectivity index (χ1) is 16.0. The number of benzene rings is 3. The standard InChI is InChI=1S/C25H22N4O4/c30-22(18-11-13-19(14-12-18)27-23(31)17-7-2-1-3-8-17)26-15-6-16-29-24(32)20-9-4-5-10-21(20)28-25(29)33/h1-5,7-14H,6,15-16H2,(H,26,30)(H,27,31)(H,28,33). The maximum atomic E-state index is 12.5. The van der Waals surface area contributed by atoms with Crippen molar-refractivity contribution in [2.24, 2.45) is 0 Å². The van der Waals surface area contributed by atoms with E-state index in [4.69, 9.17) is 0 Å². The number of nitrogens with one attached hydrogen (secondary N) is 3. The van der Waals surface area contributed by atoms with Crippen molar-refractivity contribution in [2.75, 3.05) is 11.9 Å². The topological polar surface area (TPSA) is 113 Å². The highest BCUT2D eigenvalue weighted by molar-refractivity contribution is 6.04. The molecule has 0 unspecified atom stereocenters. The molecule has 0 fully saturated rings. The van der Waals surface area contributed by atoms with E-state index in [1.807, 2.05) is 6.07 Å². The van der Waals surface area contributed by atoms with Gasteiger partial charge in [0.25, 0.3) is 17.4 Å². The number of carbonyl (C=O) groups excluding carboxylic acids is 2. The number of carbonyl (C=O) groups is 2. The summed E-state index contributed by atoms with van der Waals surface area (Å²) in [6, 6.07) is 22.2. The normalized spacial score (nSPS) is 10.7. The molecule has 3 N–H and O–H groups in total. The summed E-state index contributed by atoms with van der Waals surface area (Å²) >= 11 is 0. The summed E-state index contributed by atoms with van der Waals surface area (Å²) in [5, 5.41) is 6.00. The Labute approximate surface area is 188 Å². The first-order valence-electron chi connectivity index (χ1n) is 10.5. The number of hydrogen-bond acceptors (Lipinski definition) is 4. The lowest BCUT2D eigenvalue weighted by Gasteiger charge is -2.09. The van der Waals surface area contributed by atoms with E-state index in [0.29, 0.717) is 40.7 Å². The van der Waals surface area contributed by atoms with Crippen LogP contribution < -0.4 is 21.9 Å². The molecule has 4 aromatic rings. The molecule has 0 atom stereocenters. The van der Waals surface area contributed by atoms with Gasteiger partial charge in [0, 0.05) is 29.9 Å². The molecule has 3 aromatic carbocycles. The Morgan fingerprint density at radius 3 is 2.21 bits per heavy atom. The number of H-pyrrole nitrogens is 1. The predicted octanol–water partition coefficient (Wildman–Crippen LogP) is 2.76. The van der Waals surface area contributed by atoms with Gasteiger partial charge >= 0.3 is 5.69 Å². The first kappa shape index (κ1) is 21.8. The molecule has 0 aliphatic rings. The van der Waals surface area contributed by atoms with Gasteiger partial charge in [-0.15, -0.1) is 0 Å². The summed E-state index contributed by atoms with van der Waals surface area (Å²) < 4.78 is 1.14. The van der Waals surface area contributed by atoms with Gasteiger partial charge in [0.2, 0.25) is 0 Å². The molecule has 4 rings (SSSR count). The molecule has 0 saturated heterocycles. The van der Waals surface area contributed by atoms with Crippen LogP contribution in [0.3, 0.4) is 0 Å². The molecule has 2 amide bonds. The van der Waals surface area contributed by atoms with E-state index < -0.39 is 5.69 Å². The van der Waals surface area contributed by atoms with Crippen LogP contribution in [-0.2, 0) is 6.54 Å². The number of aromatic nitrogens is 2. The number of nitrogens with zero attached hydrogens (tertiary/aromatic N) is 1. The molecule has 166 valence electrons. The van der Waals surface area contributed by atoms with Crippen molar-refractivity contribution in [1.82, 2.24) is 14.9 Å². The zero-order valence-electron chi connectivity index (χ0n) is 17.7. The van der Waals surface area contributed by atoms with Crippen molar-refractivity contribution in [3.8, 4) is 0 Å². The Bertz CT molecular complexity index is 1410. The second kappa shape index (κ2) is 9.78. The van der Waals surface area contributed by atoms with Crippen LogP contribution in [0.2, 0.25) is 0 Å². The van der Waals surface area contributed by atoms with Gasteiger partial charge in [-0.05, 0) is 55.0 Å². The number of fused-ring (bicyclic) bond motifs is 1. The average Bonchev–Trinajstić information content (AvgIpc) is 2.84. The Hall–Kier alpha value is -4.46. The minimum Gasteiger partial charge on any atom is -0.352 e. The van der Waals surface area contributed by atoms with Gasteiger partial charge in [-0.1, -0.05) is 30.3 Å². The molecular formula is C25H22N4O4. The second-order valence-corrected chi connectivity index (χ2v) is 7.44. The fourth-order valence-electron chi connectivity index (χ4n) is 3.44. The Morgan fingerprint density at radius 1 is 0.788 bits per heavy atom. The van der Waals surface area contributed by atoms with E-state index in [9.17, 15) is 19.2 Å². The van der Waals surface area contributed by atoms with Crippen molar-refractivity contribution < 1.29 is 9.59 Å². The van der Waals surface area contributed by atoms with Crippen molar-refractivity contribution in [1.29, 1.82) is 0 Å². The average molecular weight is 442 g/mol. The molecule has 0 radical (unpaired) electrons.